The smallest absolute Gasteiger partial charge is 0.407 e. The minimum atomic E-state index is -1.29. The maximum absolute atomic E-state index is 13.1. The molecule has 0 spiro atoms. The molecule has 0 aliphatic rings. The molecule has 9 heteroatoms. The highest BCUT2D eigenvalue weighted by Gasteiger charge is 2.34. The summed E-state index contributed by atoms with van der Waals surface area (Å²) in [5, 5.41) is 30.5. The number of ether oxygens (including phenoxy) is 1. The van der Waals surface area contributed by atoms with Gasteiger partial charge >= 0.3 is 24.0 Å². The normalized spacial score (nSPS) is 11.5. The Morgan fingerprint density at radius 2 is 0.837 bits per heavy atom. The standard InChI is InChI=1S/C34H63NO8/c1-3-5-7-9-11-13-15-17-19-21-29(22-20-18-16-14-12-10-8-6-4-2)43-33(42)35-34(26-23-30(36)37,27-24-31(38)39)28-25-32(40)41/h29H,3-28H2,1-2H3,(H,35,42)(H,36,37)(H,38,39)(H,40,41). The van der Waals surface area contributed by atoms with Gasteiger partial charge in [0.1, 0.15) is 6.10 Å². The SMILES string of the molecule is CCCCCCCCCCCC(CCCCCCCCCCC)OC(=O)NC(CCC(=O)O)(CCC(=O)O)CCC(=O)O. The zero-order valence-corrected chi connectivity index (χ0v) is 27.3. The molecule has 0 saturated carbocycles. The van der Waals surface area contributed by atoms with Crippen LogP contribution in [-0.4, -0.2) is 51.0 Å². The van der Waals surface area contributed by atoms with E-state index in [9.17, 15) is 34.5 Å². The van der Waals surface area contributed by atoms with Gasteiger partial charge in [0.2, 0.25) is 0 Å². The molecule has 0 aromatic carbocycles. The van der Waals surface area contributed by atoms with E-state index in [-0.39, 0.29) is 44.6 Å². The molecule has 0 saturated heterocycles. The average Bonchev–Trinajstić information content (AvgIpc) is 2.95. The van der Waals surface area contributed by atoms with Crippen molar-refractivity contribution in [2.45, 2.75) is 192 Å². The van der Waals surface area contributed by atoms with Crippen molar-refractivity contribution >= 4 is 24.0 Å². The lowest BCUT2D eigenvalue weighted by molar-refractivity contribution is -0.137. The molecular weight excluding hydrogens is 550 g/mol. The van der Waals surface area contributed by atoms with Crippen molar-refractivity contribution in [3.63, 3.8) is 0 Å². The molecule has 0 atom stereocenters. The summed E-state index contributed by atoms with van der Waals surface area (Å²) in [5.74, 6) is -3.30. The van der Waals surface area contributed by atoms with E-state index in [0.717, 1.165) is 51.4 Å². The Bertz CT molecular complexity index is 674. The predicted octanol–water partition coefficient (Wildman–Crippen LogP) is 9.26. The van der Waals surface area contributed by atoms with E-state index in [4.69, 9.17) is 4.74 Å². The number of unbranched alkanes of at least 4 members (excludes halogenated alkanes) is 16. The molecule has 0 bridgehead atoms. The summed E-state index contributed by atoms with van der Waals surface area (Å²) >= 11 is 0. The van der Waals surface area contributed by atoms with Crippen molar-refractivity contribution in [2.75, 3.05) is 0 Å². The summed E-state index contributed by atoms with van der Waals surface area (Å²) in [4.78, 5) is 47.1. The van der Waals surface area contributed by atoms with Gasteiger partial charge in [-0.25, -0.2) is 4.79 Å². The lowest BCUT2D eigenvalue weighted by Gasteiger charge is -2.34. The summed E-state index contributed by atoms with van der Waals surface area (Å²) in [7, 11) is 0. The zero-order chi connectivity index (χ0) is 32.2. The molecule has 4 N–H and O–H groups in total. The number of amides is 1. The molecule has 1 amide bonds. The summed E-state index contributed by atoms with van der Waals surface area (Å²) in [5.41, 5.74) is -1.29. The Hall–Kier alpha value is -2.32. The molecule has 0 fully saturated rings. The third kappa shape index (κ3) is 25.9. The maximum Gasteiger partial charge on any atom is 0.407 e. The molecule has 0 rings (SSSR count). The van der Waals surface area contributed by atoms with E-state index in [0.29, 0.717) is 0 Å². The first-order chi connectivity index (χ1) is 20.6. The number of hydrogen-bond donors (Lipinski definition) is 4. The predicted molar refractivity (Wildman–Crippen MR) is 170 cm³/mol. The van der Waals surface area contributed by atoms with E-state index in [1.54, 1.807) is 0 Å². The number of carbonyl (C=O) groups is 4. The summed E-state index contributed by atoms with van der Waals surface area (Å²) in [6.45, 7) is 4.44. The molecule has 43 heavy (non-hydrogen) atoms. The second-order valence-corrected chi connectivity index (χ2v) is 12.3. The highest BCUT2D eigenvalue weighted by atomic mass is 16.6. The van der Waals surface area contributed by atoms with Crippen LogP contribution < -0.4 is 5.32 Å². The number of carboxylic acids is 3. The van der Waals surface area contributed by atoms with Crippen LogP contribution in [0.4, 0.5) is 4.79 Å². The number of carbonyl (C=O) groups excluding carboxylic acids is 1. The van der Waals surface area contributed by atoms with Crippen LogP contribution in [0.3, 0.4) is 0 Å². The van der Waals surface area contributed by atoms with Gasteiger partial charge in [0.05, 0.1) is 0 Å². The Morgan fingerprint density at radius 1 is 0.535 bits per heavy atom. The van der Waals surface area contributed by atoms with Gasteiger partial charge in [-0.3, -0.25) is 14.4 Å². The van der Waals surface area contributed by atoms with Gasteiger partial charge in [-0.2, -0.15) is 0 Å². The van der Waals surface area contributed by atoms with E-state index >= 15 is 0 Å². The van der Waals surface area contributed by atoms with Gasteiger partial charge in [-0.1, -0.05) is 117 Å². The summed E-state index contributed by atoms with van der Waals surface area (Å²) < 4.78 is 5.88. The molecule has 0 aromatic rings. The van der Waals surface area contributed by atoms with E-state index in [1.165, 1.54) is 77.0 Å². The van der Waals surface area contributed by atoms with Crippen LogP contribution in [0.1, 0.15) is 181 Å². The van der Waals surface area contributed by atoms with E-state index in [2.05, 4.69) is 19.2 Å². The Balaban J connectivity index is 5.13. The van der Waals surface area contributed by atoms with E-state index in [1.807, 2.05) is 0 Å². The van der Waals surface area contributed by atoms with Crippen LogP contribution in [0, 0.1) is 0 Å². The number of rotatable bonds is 31. The first-order valence-corrected chi connectivity index (χ1v) is 17.3. The monoisotopic (exact) mass is 613 g/mol. The van der Waals surface area contributed by atoms with Crippen molar-refractivity contribution in [1.29, 1.82) is 0 Å². The van der Waals surface area contributed by atoms with Gasteiger partial charge in [0, 0.05) is 24.8 Å². The maximum atomic E-state index is 13.1. The Morgan fingerprint density at radius 3 is 1.14 bits per heavy atom. The fourth-order valence-electron chi connectivity index (χ4n) is 5.63. The highest BCUT2D eigenvalue weighted by Crippen LogP contribution is 2.27. The molecule has 0 aromatic heterocycles. The lowest BCUT2D eigenvalue weighted by Crippen LogP contribution is -2.50. The van der Waals surface area contributed by atoms with Crippen molar-refractivity contribution in [1.82, 2.24) is 5.32 Å². The number of carboxylic acid groups (broad SMARTS) is 3. The zero-order valence-electron chi connectivity index (χ0n) is 27.3. The number of hydrogen-bond acceptors (Lipinski definition) is 5. The molecule has 0 heterocycles. The molecule has 9 nitrogen and oxygen atoms in total. The molecular formula is C34H63NO8. The topological polar surface area (TPSA) is 150 Å². The third-order valence-corrected chi connectivity index (χ3v) is 8.35. The van der Waals surface area contributed by atoms with Gasteiger partial charge in [0.25, 0.3) is 0 Å². The largest absolute Gasteiger partial charge is 0.481 e. The van der Waals surface area contributed by atoms with Gasteiger partial charge < -0.3 is 25.4 Å². The first kappa shape index (κ1) is 40.7. The number of aliphatic carboxylic acids is 3. The summed E-state index contributed by atoms with van der Waals surface area (Å²) in [6.07, 6.45) is 20.9. The highest BCUT2D eigenvalue weighted by molar-refractivity contribution is 5.71. The molecule has 252 valence electrons. The Kier molecular flexibility index (Phi) is 25.8. The molecule has 0 aliphatic carbocycles. The van der Waals surface area contributed by atoms with Crippen LogP contribution >= 0.6 is 0 Å². The second kappa shape index (κ2) is 27.2. The lowest BCUT2D eigenvalue weighted by atomic mass is 9.83. The van der Waals surface area contributed by atoms with E-state index < -0.39 is 29.5 Å². The fraction of sp³-hybridized carbons (Fsp3) is 0.882. The molecule has 0 aliphatic heterocycles. The second-order valence-electron chi connectivity index (χ2n) is 12.3. The average molecular weight is 614 g/mol. The molecule has 0 unspecified atom stereocenters. The minimum absolute atomic E-state index is 0.0703. The van der Waals surface area contributed by atoms with Crippen molar-refractivity contribution in [2.24, 2.45) is 0 Å². The number of nitrogens with one attached hydrogen (secondary N) is 1. The Labute approximate surface area is 260 Å². The van der Waals surface area contributed by atoms with Crippen LogP contribution in [0.2, 0.25) is 0 Å². The fourth-order valence-corrected chi connectivity index (χ4v) is 5.63. The van der Waals surface area contributed by atoms with Crippen LogP contribution in [-0.2, 0) is 19.1 Å². The van der Waals surface area contributed by atoms with Gasteiger partial charge in [0.15, 0.2) is 0 Å². The van der Waals surface area contributed by atoms with Crippen LogP contribution in [0.25, 0.3) is 0 Å². The quantitative estimate of drug-likeness (QED) is 0.0565. The first-order valence-electron chi connectivity index (χ1n) is 17.3. The van der Waals surface area contributed by atoms with Gasteiger partial charge in [-0.15, -0.1) is 0 Å². The van der Waals surface area contributed by atoms with Crippen molar-refractivity contribution in [3.05, 3.63) is 0 Å². The van der Waals surface area contributed by atoms with Crippen molar-refractivity contribution < 1.29 is 39.2 Å². The number of alkyl carbamates (subject to hydrolysis) is 1. The van der Waals surface area contributed by atoms with Crippen LogP contribution in [0.5, 0.6) is 0 Å². The molecule has 0 radical (unpaired) electrons. The third-order valence-electron chi connectivity index (χ3n) is 8.35. The van der Waals surface area contributed by atoms with Crippen LogP contribution in [0.15, 0.2) is 0 Å². The minimum Gasteiger partial charge on any atom is -0.481 e. The van der Waals surface area contributed by atoms with Crippen molar-refractivity contribution in [3.8, 4) is 0 Å². The van der Waals surface area contributed by atoms with Gasteiger partial charge in [-0.05, 0) is 44.9 Å². The summed E-state index contributed by atoms with van der Waals surface area (Å²) in [6, 6.07) is 0.